The number of aryl methyl sites for hydroxylation is 1. The van der Waals surface area contributed by atoms with Crippen LogP contribution in [0.5, 0.6) is 0 Å². The number of rotatable bonds is 5. The summed E-state index contributed by atoms with van der Waals surface area (Å²) in [5, 5.41) is 7.49. The molecule has 0 atom stereocenters. The van der Waals surface area contributed by atoms with Crippen LogP contribution in [0.25, 0.3) is 5.52 Å². The number of nitrogens with one attached hydrogen (secondary N) is 2. The van der Waals surface area contributed by atoms with Gasteiger partial charge in [0.2, 0.25) is 0 Å². The number of anilines is 1. The van der Waals surface area contributed by atoms with Crippen LogP contribution >= 0.6 is 0 Å². The Kier molecular flexibility index (Phi) is 2.91. The molecule has 18 heavy (non-hydrogen) atoms. The summed E-state index contributed by atoms with van der Waals surface area (Å²) >= 11 is 0. The van der Waals surface area contributed by atoms with Crippen LogP contribution in [0, 0.1) is 0 Å². The molecule has 0 unspecified atom stereocenters. The first-order valence-corrected chi connectivity index (χ1v) is 5.94. The summed E-state index contributed by atoms with van der Waals surface area (Å²) in [6, 6.07) is 1.95. The molecule has 0 aliphatic rings. The number of imidazole rings is 1. The Labute approximate surface area is 104 Å². The molecule has 0 amide bonds. The Morgan fingerprint density at radius 1 is 1.22 bits per heavy atom. The predicted molar refractivity (Wildman–Crippen MR) is 68.4 cm³/mol. The van der Waals surface area contributed by atoms with E-state index in [0.29, 0.717) is 0 Å². The molecule has 3 aromatic heterocycles. The van der Waals surface area contributed by atoms with Gasteiger partial charge in [0.1, 0.15) is 11.3 Å². The van der Waals surface area contributed by atoms with Crippen LogP contribution in [0.15, 0.2) is 37.1 Å². The van der Waals surface area contributed by atoms with E-state index in [9.17, 15) is 0 Å². The number of aromatic nitrogens is 5. The molecule has 2 N–H and O–H groups in total. The highest BCUT2D eigenvalue weighted by Crippen LogP contribution is 2.12. The summed E-state index contributed by atoms with van der Waals surface area (Å²) in [5.41, 5.74) is 0.996. The monoisotopic (exact) mass is 242 g/mol. The first-order valence-electron chi connectivity index (χ1n) is 5.94. The molecule has 0 aromatic carbocycles. The molecule has 0 saturated carbocycles. The Morgan fingerprint density at radius 3 is 3.11 bits per heavy atom. The number of nitrogens with zero attached hydrogens (tertiary/aromatic N) is 4. The van der Waals surface area contributed by atoms with E-state index in [4.69, 9.17) is 0 Å². The van der Waals surface area contributed by atoms with Crippen molar-refractivity contribution in [3.8, 4) is 0 Å². The van der Waals surface area contributed by atoms with Gasteiger partial charge < -0.3 is 10.3 Å². The fourth-order valence-electron chi connectivity index (χ4n) is 1.89. The molecule has 3 heterocycles. The molecule has 6 nitrogen and oxygen atoms in total. The van der Waals surface area contributed by atoms with Gasteiger partial charge in [0.05, 0.1) is 6.20 Å². The lowest BCUT2D eigenvalue weighted by atomic mass is 10.3. The Hall–Kier alpha value is -2.37. The van der Waals surface area contributed by atoms with Crippen molar-refractivity contribution in [3.05, 3.63) is 42.9 Å². The molecule has 92 valence electrons. The maximum atomic E-state index is 4.32. The van der Waals surface area contributed by atoms with E-state index < -0.39 is 0 Å². The molecule has 0 bridgehead atoms. The maximum Gasteiger partial charge on any atom is 0.152 e. The van der Waals surface area contributed by atoms with Crippen molar-refractivity contribution < 1.29 is 0 Å². The lowest BCUT2D eigenvalue weighted by molar-refractivity contribution is 0.813. The third kappa shape index (κ3) is 2.17. The van der Waals surface area contributed by atoms with Gasteiger partial charge in [-0.3, -0.25) is 0 Å². The lowest BCUT2D eigenvalue weighted by Gasteiger charge is -2.05. The number of hydrogen-bond acceptors (Lipinski definition) is 4. The van der Waals surface area contributed by atoms with Crippen molar-refractivity contribution in [1.82, 2.24) is 24.6 Å². The van der Waals surface area contributed by atoms with Crippen LogP contribution in [0.2, 0.25) is 0 Å². The van der Waals surface area contributed by atoms with Crippen LogP contribution in [-0.4, -0.2) is 31.1 Å². The largest absolute Gasteiger partial charge is 0.368 e. The summed E-state index contributed by atoms with van der Waals surface area (Å²) in [6.07, 6.45) is 10.9. The van der Waals surface area contributed by atoms with Crippen LogP contribution in [-0.2, 0) is 6.42 Å². The summed E-state index contributed by atoms with van der Waals surface area (Å²) in [5.74, 6) is 1.89. The molecule has 0 saturated heterocycles. The smallest absolute Gasteiger partial charge is 0.152 e. The number of aromatic amines is 1. The molecule has 0 aliphatic carbocycles. The molecule has 0 spiro atoms. The zero-order valence-electron chi connectivity index (χ0n) is 9.87. The van der Waals surface area contributed by atoms with Gasteiger partial charge in [-0.05, 0) is 12.5 Å². The SMILES string of the molecule is c1c[nH]c(CCCNc2nccn3nccc23)n1. The van der Waals surface area contributed by atoms with Crippen LogP contribution in [0.1, 0.15) is 12.2 Å². The van der Waals surface area contributed by atoms with E-state index >= 15 is 0 Å². The van der Waals surface area contributed by atoms with Gasteiger partial charge in [-0.1, -0.05) is 0 Å². The minimum absolute atomic E-state index is 0.860. The Bertz CT molecular complexity index is 612. The summed E-state index contributed by atoms with van der Waals surface area (Å²) in [6.45, 7) is 0.860. The molecular formula is C12H14N6. The predicted octanol–water partition coefficient (Wildman–Crippen LogP) is 1.50. The fourth-order valence-corrected chi connectivity index (χ4v) is 1.89. The zero-order chi connectivity index (χ0) is 12.2. The first-order chi connectivity index (χ1) is 8.93. The molecule has 3 rings (SSSR count). The number of fused-ring (bicyclic) bond motifs is 1. The highest BCUT2D eigenvalue weighted by Gasteiger charge is 2.02. The van der Waals surface area contributed by atoms with E-state index in [0.717, 1.165) is 36.5 Å². The first kappa shape index (κ1) is 10.8. The minimum Gasteiger partial charge on any atom is -0.368 e. The van der Waals surface area contributed by atoms with Crippen LogP contribution in [0.4, 0.5) is 5.82 Å². The second kappa shape index (κ2) is 4.87. The van der Waals surface area contributed by atoms with Crippen molar-refractivity contribution in [1.29, 1.82) is 0 Å². The third-order valence-corrected chi connectivity index (χ3v) is 2.76. The summed E-state index contributed by atoms with van der Waals surface area (Å²) < 4.78 is 1.81. The van der Waals surface area contributed by atoms with E-state index in [1.165, 1.54) is 0 Å². The summed E-state index contributed by atoms with van der Waals surface area (Å²) in [7, 11) is 0. The van der Waals surface area contributed by atoms with Crippen molar-refractivity contribution in [2.75, 3.05) is 11.9 Å². The molecule has 3 aromatic rings. The standard InChI is InChI=1S/C12H14N6/c1(2-11-13-6-7-14-11)4-15-12-10-3-5-17-18(10)9-8-16-12/h3,5-9H,1-2,4H2,(H,13,14)(H,15,16). The second-order valence-corrected chi connectivity index (χ2v) is 4.00. The van der Waals surface area contributed by atoms with E-state index in [1.807, 2.05) is 23.0 Å². The zero-order valence-corrected chi connectivity index (χ0v) is 9.87. The van der Waals surface area contributed by atoms with E-state index in [1.54, 1.807) is 18.6 Å². The van der Waals surface area contributed by atoms with Crippen molar-refractivity contribution in [2.45, 2.75) is 12.8 Å². The quantitative estimate of drug-likeness (QED) is 0.665. The average Bonchev–Trinajstić information content (AvgIpc) is 3.05. The number of H-pyrrole nitrogens is 1. The number of hydrogen-bond donors (Lipinski definition) is 2. The Balaban J connectivity index is 1.58. The second-order valence-electron chi connectivity index (χ2n) is 4.00. The van der Waals surface area contributed by atoms with Crippen molar-refractivity contribution in [3.63, 3.8) is 0 Å². The van der Waals surface area contributed by atoms with Crippen LogP contribution in [0.3, 0.4) is 0 Å². The fraction of sp³-hybridized carbons (Fsp3) is 0.250. The minimum atomic E-state index is 0.860. The van der Waals surface area contributed by atoms with Crippen molar-refractivity contribution in [2.24, 2.45) is 0 Å². The molecule has 0 fully saturated rings. The van der Waals surface area contributed by atoms with Gasteiger partial charge in [0.15, 0.2) is 5.82 Å². The van der Waals surface area contributed by atoms with Gasteiger partial charge in [-0.25, -0.2) is 14.5 Å². The van der Waals surface area contributed by atoms with Gasteiger partial charge in [0, 0.05) is 37.8 Å². The Morgan fingerprint density at radius 2 is 2.22 bits per heavy atom. The molecule has 6 heteroatoms. The molecular weight excluding hydrogens is 228 g/mol. The van der Waals surface area contributed by atoms with Gasteiger partial charge in [-0.2, -0.15) is 5.10 Å². The summed E-state index contributed by atoms with van der Waals surface area (Å²) in [4.78, 5) is 11.6. The average molecular weight is 242 g/mol. The topological polar surface area (TPSA) is 70.9 Å². The maximum absolute atomic E-state index is 4.32. The van der Waals surface area contributed by atoms with Gasteiger partial charge in [-0.15, -0.1) is 0 Å². The molecule has 0 aliphatic heterocycles. The molecule has 0 radical (unpaired) electrons. The van der Waals surface area contributed by atoms with Crippen LogP contribution < -0.4 is 5.32 Å². The highest BCUT2D eigenvalue weighted by atomic mass is 15.2. The van der Waals surface area contributed by atoms with Gasteiger partial charge >= 0.3 is 0 Å². The normalized spacial score (nSPS) is 10.9. The van der Waals surface area contributed by atoms with Gasteiger partial charge in [0.25, 0.3) is 0 Å². The lowest BCUT2D eigenvalue weighted by Crippen LogP contribution is -2.06. The van der Waals surface area contributed by atoms with E-state index in [-0.39, 0.29) is 0 Å². The van der Waals surface area contributed by atoms with E-state index in [2.05, 4.69) is 25.4 Å². The highest BCUT2D eigenvalue weighted by molar-refractivity contribution is 5.66. The third-order valence-electron chi connectivity index (χ3n) is 2.76. The van der Waals surface area contributed by atoms with Crippen molar-refractivity contribution >= 4 is 11.3 Å².